The Labute approximate surface area is 141 Å². The lowest BCUT2D eigenvalue weighted by Crippen LogP contribution is -2.46. The molecular formula is C16H18F4N2O3. The van der Waals surface area contributed by atoms with Crippen LogP contribution in [0.5, 0.6) is 5.75 Å². The van der Waals surface area contributed by atoms with E-state index in [1.807, 2.05) is 0 Å². The second kappa shape index (κ2) is 6.36. The summed E-state index contributed by atoms with van der Waals surface area (Å²) in [7, 11) is 0. The quantitative estimate of drug-likeness (QED) is 0.788. The van der Waals surface area contributed by atoms with Crippen LogP contribution in [0.2, 0.25) is 0 Å². The molecule has 138 valence electrons. The average Bonchev–Trinajstić information content (AvgIpc) is 3.14. The van der Waals surface area contributed by atoms with Gasteiger partial charge in [0.15, 0.2) is 11.6 Å². The molecule has 9 heteroatoms. The summed E-state index contributed by atoms with van der Waals surface area (Å²) in [6, 6.07) is 3.17. The Balaban J connectivity index is 1.87. The molecule has 0 aromatic heterocycles. The SMILES string of the molecule is O=C(O)N(CC1CCCN1)C1(c2ccc(F)c(OC(F)(F)F)c2)CC1. The summed E-state index contributed by atoms with van der Waals surface area (Å²) >= 11 is 0. The van der Waals surface area contributed by atoms with Gasteiger partial charge in [-0.1, -0.05) is 6.07 Å². The molecule has 25 heavy (non-hydrogen) atoms. The third kappa shape index (κ3) is 3.81. The van der Waals surface area contributed by atoms with Crippen LogP contribution in [-0.2, 0) is 5.54 Å². The zero-order chi connectivity index (χ0) is 18.2. The number of halogens is 4. The molecule has 1 aromatic rings. The van der Waals surface area contributed by atoms with Gasteiger partial charge in [0.2, 0.25) is 0 Å². The molecule has 2 fully saturated rings. The van der Waals surface area contributed by atoms with Crippen LogP contribution in [0.15, 0.2) is 18.2 Å². The number of nitrogens with zero attached hydrogens (tertiary/aromatic N) is 1. The first kappa shape index (κ1) is 17.8. The topological polar surface area (TPSA) is 61.8 Å². The Kier molecular flexibility index (Phi) is 4.52. The van der Waals surface area contributed by atoms with Crippen molar-refractivity contribution in [1.82, 2.24) is 10.2 Å². The van der Waals surface area contributed by atoms with Crippen molar-refractivity contribution in [1.29, 1.82) is 0 Å². The molecular weight excluding hydrogens is 344 g/mol. The van der Waals surface area contributed by atoms with E-state index in [2.05, 4.69) is 10.1 Å². The predicted molar refractivity (Wildman–Crippen MR) is 79.8 cm³/mol. The second-order valence-electron chi connectivity index (χ2n) is 6.41. The van der Waals surface area contributed by atoms with Gasteiger partial charge in [0, 0.05) is 12.6 Å². The van der Waals surface area contributed by atoms with Gasteiger partial charge < -0.3 is 15.2 Å². The number of carbonyl (C=O) groups is 1. The van der Waals surface area contributed by atoms with Crippen LogP contribution in [0.1, 0.15) is 31.2 Å². The van der Waals surface area contributed by atoms with E-state index in [1.165, 1.54) is 11.0 Å². The molecule has 1 atom stereocenters. The number of amides is 1. The molecule has 2 aliphatic rings. The Morgan fingerprint density at radius 3 is 2.64 bits per heavy atom. The first-order valence-corrected chi connectivity index (χ1v) is 8.01. The molecule has 3 rings (SSSR count). The second-order valence-corrected chi connectivity index (χ2v) is 6.41. The first-order valence-electron chi connectivity index (χ1n) is 8.01. The number of hydrogen-bond acceptors (Lipinski definition) is 3. The van der Waals surface area contributed by atoms with E-state index >= 15 is 0 Å². The third-order valence-corrected chi connectivity index (χ3v) is 4.73. The van der Waals surface area contributed by atoms with Gasteiger partial charge in [-0.3, -0.25) is 4.90 Å². The molecule has 1 aliphatic heterocycles. The zero-order valence-corrected chi connectivity index (χ0v) is 13.3. The number of nitrogens with one attached hydrogen (secondary N) is 1. The van der Waals surface area contributed by atoms with E-state index in [9.17, 15) is 27.5 Å². The van der Waals surface area contributed by atoms with Gasteiger partial charge in [-0.05, 0) is 49.9 Å². The fraction of sp³-hybridized carbons (Fsp3) is 0.562. The Hall–Kier alpha value is -2.03. The standard InChI is InChI=1S/C16H18F4N2O3/c17-12-4-3-10(8-13(12)25-16(18,19)20)15(5-6-15)22(14(23)24)9-11-2-1-7-21-11/h3-4,8,11,21H,1-2,5-7,9H2,(H,23,24). The van der Waals surface area contributed by atoms with Crippen molar-refractivity contribution in [3.05, 3.63) is 29.6 Å². The van der Waals surface area contributed by atoms with Gasteiger partial charge in [0.1, 0.15) is 0 Å². The molecule has 1 aromatic carbocycles. The first-order chi connectivity index (χ1) is 11.7. The number of ether oxygens (including phenoxy) is 1. The lowest BCUT2D eigenvalue weighted by atomic mass is 10.0. The zero-order valence-electron chi connectivity index (χ0n) is 13.3. The van der Waals surface area contributed by atoms with Crippen molar-refractivity contribution in [2.75, 3.05) is 13.1 Å². The summed E-state index contributed by atoms with van der Waals surface area (Å²) in [5, 5.41) is 12.8. The van der Waals surface area contributed by atoms with Crippen molar-refractivity contribution in [3.8, 4) is 5.75 Å². The van der Waals surface area contributed by atoms with E-state index in [0.717, 1.165) is 31.5 Å². The molecule has 1 unspecified atom stereocenters. The van der Waals surface area contributed by atoms with Crippen LogP contribution < -0.4 is 10.1 Å². The molecule has 0 bridgehead atoms. The summed E-state index contributed by atoms with van der Waals surface area (Å²) in [5.41, 5.74) is -0.610. The highest BCUT2D eigenvalue weighted by atomic mass is 19.4. The lowest BCUT2D eigenvalue weighted by molar-refractivity contribution is -0.275. The van der Waals surface area contributed by atoms with E-state index < -0.39 is 29.6 Å². The van der Waals surface area contributed by atoms with E-state index in [0.29, 0.717) is 18.4 Å². The molecule has 1 saturated heterocycles. The molecule has 1 heterocycles. The van der Waals surface area contributed by atoms with Crippen LogP contribution in [0.4, 0.5) is 22.4 Å². The van der Waals surface area contributed by atoms with Crippen molar-refractivity contribution >= 4 is 6.09 Å². The lowest BCUT2D eigenvalue weighted by Gasteiger charge is -2.32. The van der Waals surface area contributed by atoms with Gasteiger partial charge >= 0.3 is 12.5 Å². The summed E-state index contributed by atoms with van der Waals surface area (Å²) in [5.74, 6) is -2.09. The van der Waals surface area contributed by atoms with Gasteiger partial charge in [-0.25, -0.2) is 9.18 Å². The minimum atomic E-state index is -5.02. The Morgan fingerprint density at radius 1 is 1.40 bits per heavy atom. The van der Waals surface area contributed by atoms with Crippen LogP contribution in [0.25, 0.3) is 0 Å². The molecule has 0 spiro atoms. The molecule has 1 saturated carbocycles. The highest BCUT2D eigenvalue weighted by Crippen LogP contribution is 2.52. The van der Waals surface area contributed by atoms with Crippen molar-refractivity contribution in [2.24, 2.45) is 0 Å². The van der Waals surface area contributed by atoms with Crippen molar-refractivity contribution in [3.63, 3.8) is 0 Å². The largest absolute Gasteiger partial charge is 0.573 e. The maximum atomic E-state index is 13.6. The summed E-state index contributed by atoms with van der Waals surface area (Å²) in [6.07, 6.45) is -3.42. The monoisotopic (exact) mass is 362 g/mol. The fourth-order valence-electron chi connectivity index (χ4n) is 3.40. The molecule has 1 aliphatic carbocycles. The van der Waals surface area contributed by atoms with Gasteiger partial charge in [0.05, 0.1) is 5.54 Å². The van der Waals surface area contributed by atoms with E-state index in [-0.39, 0.29) is 12.6 Å². The minimum absolute atomic E-state index is 0.0138. The normalized spacial score (nSPS) is 21.8. The third-order valence-electron chi connectivity index (χ3n) is 4.73. The minimum Gasteiger partial charge on any atom is -0.465 e. The number of carboxylic acid groups (broad SMARTS) is 1. The van der Waals surface area contributed by atoms with Crippen LogP contribution in [0.3, 0.4) is 0 Å². The number of alkyl halides is 3. The van der Waals surface area contributed by atoms with Crippen LogP contribution in [-0.4, -0.2) is 41.6 Å². The Bertz CT molecular complexity index is 655. The van der Waals surface area contributed by atoms with Gasteiger partial charge in [-0.2, -0.15) is 0 Å². The molecule has 1 amide bonds. The maximum absolute atomic E-state index is 13.6. The predicted octanol–water partition coefficient (Wildman–Crippen LogP) is 3.45. The van der Waals surface area contributed by atoms with E-state index in [1.54, 1.807) is 0 Å². The Morgan fingerprint density at radius 2 is 2.12 bits per heavy atom. The summed E-state index contributed by atoms with van der Waals surface area (Å²) in [4.78, 5) is 13.0. The molecule has 5 nitrogen and oxygen atoms in total. The van der Waals surface area contributed by atoms with Crippen molar-refractivity contribution < 1.29 is 32.2 Å². The maximum Gasteiger partial charge on any atom is 0.573 e. The summed E-state index contributed by atoms with van der Waals surface area (Å²) in [6.45, 7) is 1.05. The average molecular weight is 362 g/mol. The van der Waals surface area contributed by atoms with Crippen molar-refractivity contribution in [2.45, 2.75) is 43.6 Å². The number of benzene rings is 1. The highest BCUT2D eigenvalue weighted by molar-refractivity contribution is 5.68. The fourth-order valence-corrected chi connectivity index (χ4v) is 3.40. The number of rotatable bonds is 5. The van der Waals surface area contributed by atoms with Gasteiger partial charge in [0.25, 0.3) is 0 Å². The van der Waals surface area contributed by atoms with Crippen LogP contribution >= 0.6 is 0 Å². The van der Waals surface area contributed by atoms with Crippen LogP contribution in [0, 0.1) is 5.82 Å². The number of hydrogen-bond donors (Lipinski definition) is 2. The summed E-state index contributed by atoms with van der Waals surface area (Å²) < 4.78 is 54.6. The van der Waals surface area contributed by atoms with E-state index in [4.69, 9.17) is 0 Å². The highest BCUT2D eigenvalue weighted by Gasteiger charge is 2.52. The molecule has 2 N–H and O–H groups in total. The molecule has 0 radical (unpaired) electrons. The van der Waals surface area contributed by atoms with Gasteiger partial charge in [-0.15, -0.1) is 13.2 Å². The smallest absolute Gasteiger partial charge is 0.465 e.